The van der Waals surface area contributed by atoms with Gasteiger partial charge in [0, 0.05) is 30.2 Å². The van der Waals surface area contributed by atoms with Gasteiger partial charge in [-0.25, -0.2) is 0 Å². The topological polar surface area (TPSA) is 61.4 Å². The Hall–Kier alpha value is -2.34. The maximum absolute atomic E-state index is 12.2. The van der Waals surface area contributed by atoms with Crippen LogP contribution in [-0.2, 0) is 16.1 Å². The quantitative estimate of drug-likeness (QED) is 0.855. The fourth-order valence-corrected chi connectivity index (χ4v) is 2.88. The van der Waals surface area contributed by atoms with Crippen LogP contribution in [0.4, 0.5) is 11.4 Å². The van der Waals surface area contributed by atoms with Gasteiger partial charge < -0.3 is 15.5 Å². The highest BCUT2D eigenvalue weighted by Crippen LogP contribution is 2.20. The number of anilines is 2. The van der Waals surface area contributed by atoms with Crippen LogP contribution in [0.1, 0.15) is 17.4 Å². The molecule has 0 aliphatic heterocycles. The number of amides is 2. The Labute approximate surface area is 140 Å². The van der Waals surface area contributed by atoms with Gasteiger partial charge in [-0.1, -0.05) is 12.1 Å². The van der Waals surface area contributed by atoms with E-state index in [9.17, 15) is 9.59 Å². The monoisotopic (exact) mass is 331 g/mol. The third-order valence-corrected chi connectivity index (χ3v) is 4.25. The number of thiophene rings is 1. The molecule has 23 heavy (non-hydrogen) atoms. The molecular formula is C17H21N3O2S. The summed E-state index contributed by atoms with van der Waals surface area (Å²) < 4.78 is 0. The maximum atomic E-state index is 12.2. The van der Waals surface area contributed by atoms with Crippen LogP contribution in [0, 0.1) is 6.92 Å². The van der Waals surface area contributed by atoms with E-state index in [-0.39, 0.29) is 18.4 Å². The number of likely N-dealkylation sites (N-methyl/N-ethyl adjacent to an activating group) is 1. The standard InChI is InChI=1S/C17H21N3O2S/c1-12-6-7-14(19-13(2)21)9-16(12)18-10-17(22)20(3)11-15-5-4-8-23-15/h4-9,18H,10-11H2,1-3H3,(H,19,21). The second-order valence-corrected chi connectivity index (χ2v) is 6.43. The van der Waals surface area contributed by atoms with Gasteiger partial charge in [0.2, 0.25) is 11.8 Å². The molecule has 0 spiro atoms. The van der Waals surface area contributed by atoms with Crippen molar-refractivity contribution in [2.75, 3.05) is 24.2 Å². The van der Waals surface area contributed by atoms with Crippen LogP contribution in [0.5, 0.6) is 0 Å². The predicted octanol–water partition coefficient (Wildman–Crippen LogP) is 3.09. The summed E-state index contributed by atoms with van der Waals surface area (Å²) in [6, 6.07) is 9.58. The Morgan fingerprint density at radius 2 is 2.04 bits per heavy atom. The minimum absolute atomic E-state index is 0.0164. The maximum Gasteiger partial charge on any atom is 0.241 e. The van der Waals surface area contributed by atoms with Crippen LogP contribution < -0.4 is 10.6 Å². The Morgan fingerprint density at radius 1 is 1.26 bits per heavy atom. The zero-order valence-electron chi connectivity index (χ0n) is 13.6. The van der Waals surface area contributed by atoms with Gasteiger partial charge in [0.15, 0.2) is 0 Å². The van der Waals surface area contributed by atoms with Crippen LogP contribution in [-0.4, -0.2) is 30.3 Å². The number of nitrogens with one attached hydrogen (secondary N) is 2. The zero-order valence-corrected chi connectivity index (χ0v) is 14.4. The van der Waals surface area contributed by atoms with Crippen molar-refractivity contribution in [3.63, 3.8) is 0 Å². The molecule has 122 valence electrons. The molecule has 0 radical (unpaired) electrons. The first-order valence-corrected chi connectivity index (χ1v) is 8.22. The van der Waals surface area contributed by atoms with Gasteiger partial charge in [-0.3, -0.25) is 9.59 Å². The predicted molar refractivity (Wildman–Crippen MR) is 94.8 cm³/mol. The molecule has 6 heteroatoms. The lowest BCUT2D eigenvalue weighted by molar-refractivity contribution is -0.128. The normalized spacial score (nSPS) is 10.2. The number of rotatable bonds is 6. The molecule has 1 heterocycles. The molecule has 1 aromatic carbocycles. The van der Waals surface area contributed by atoms with E-state index in [2.05, 4.69) is 10.6 Å². The molecule has 0 aliphatic carbocycles. The summed E-state index contributed by atoms with van der Waals surface area (Å²) in [6.07, 6.45) is 0. The van der Waals surface area contributed by atoms with Gasteiger partial charge in [-0.15, -0.1) is 11.3 Å². The number of benzene rings is 1. The van der Waals surface area contributed by atoms with Gasteiger partial charge >= 0.3 is 0 Å². The summed E-state index contributed by atoms with van der Waals surface area (Å²) in [5.74, 6) is -0.103. The van der Waals surface area contributed by atoms with Crippen molar-refractivity contribution in [3.05, 3.63) is 46.2 Å². The molecule has 0 fully saturated rings. The molecule has 0 saturated carbocycles. The lowest BCUT2D eigenvalue weighted by atomic mass is 10.1. The van der Waals surface area contributed by atoms with Crippen molar-refractivity contribution in [2.45, 2.75) is 20.4 Å². The van der Waals surface area contributed by atoms with Gasteiger partial charge in [-0.05, 0) is 36.1 Å². The fraction of sp³-hybridized carbons (Fsp3) is 0.294. The summed E-state index contributed by atoms with van der Waals surface area (Å²) in [4.78, 5) is 26.2. The second kappa shape index (κ2) is 7.78. The highest BCUT2D eigenvalue weighted by molar-refractivity contribution is 7.09. The summed E-state index contributed by atoms with van der Waals surface area (Å²) in [7, 11) is 1.80. The number of hydrogen-bond acceptors (Lipinski definition) is 4. The van der Waals surface area contributed by atoms with Crippen LogP contribution in [0.15, 0.2) is 35.7 Å². The minimum Gasteiger partial charge on any atom is -0.376 e. The smallest absolute Gasteiger partial charge is 0.241 e. The zero-order chi connectivity index (χ0) is 16.8. The van der Waals surface area contributed by atoms with Gasteiger partial charge in [0.25, 0.3) is 0 Å². The van der Waals surface area contributed by atoms with Crippen molar-refractivity contribution in [1.29, 1.82) is 0 Å². The van der Waals surface area contributed by atoms with Crippen LogP contribution >= 0.6 is 11.3 Å². The van der Waals surface area contributed by atoms with Gasteiger partial charge in [0.05, 0.1) is 13.1 Å². The first-order valence-electron chi connectivity index (χ1n) is 7.34. The van der Waals surface area contributed by atoms with Crippen LogP contribution in [0.25, 0.3) is 0 Å². The van der Waals surface area contributed by atoms with E-state index in [0.29, 0.717) is 12.2 Å². The van der Waals surface area contributed by atoms with E-state index in [1.807, 2.05) is 42.6 Å². The Balaban J connectivity index is 1.94. The van der Waals surface area contributed by atoms with Gasteiger partial charge in [0.1, 0.15) is 0 Å². The Morgan fingerprint density at radius 3 is 2.70 bits per heavy atom. The van der Waals surface area contributed by atoms with Gasteiger partial charge in [-0.2, -0.15) is 0 Å². The lowest BCUT2D eigenvalue weighted by Gasteiger charge is -2.18. The molecule has 2 rings (SSSR count). The first kappa shape index (κ1) is 17.0. The number of hydrogen-bond donors (Lipinski definition) is 2. The summed E-state index contributed by atoms with van der Waals surface area (Å²) in [6.45, 7) is 4.26. The molecule has 2 amide bonds. The first-order chi connectivity index (χ1) is 11.0. The van der Waals surface area contributed by atoms with Crippen LogP contribution in [0.2, 0.25) is 0 Å². The molecule has 0 saturated heterocycles. The molecule has 0 atom stereocenters. The molecule has 2 aromatic rings. The largest absolute Gasteiger partial charge is 0.376 e. The van der Waals surface area contributed by atoms with E-state index in [4.69, 9.17) is 0 Å². The van der Waals surface area contributed by atoms with E-state index >= 15 is 0 Å². The van der Waals surface area contributed by atoms with E-state index in [0.717, 1.165) is 16.1 Å². The highest BCUT2D eigenvalue weighted by Gasteiger charge is 2.10. The molecular weight excluding hydrogens is 310 g/mol. The number of carbonyl (C=O) groups excluding carboxylic acids is 2. The van der Waals surface area contributed by atoms with Crippen molar-refractivity contribution in [2.24, 2.45) is 0 Å². The molecule has 0 bridgehead atoms. The minimum atomic E-state index is -0.119. The molecule has 5 nitrogen and oxygen atoms in total. The van der Waals surface area contributed by atoms with E-state index in [1.165, 1.54) is 6.92 Å². The second-order valence-electron chi connectivity index (χ2n) is 5.39. The Bertz CT molecular complexity index is 683. The SMILES string of the molecule is CC(=O)Nc1ccc(C)c(NCC(=O)N(C)Cc2cccs2)c1. The summed E-state index contributed by atoms with van der Waals surface area (Å²) in [5.41, 5.74) is 2.58. The van der Waals surface area contributed by atoms with Crippen molar-refractivity contribution in [1.82, 2.24) is 4.90 Å². The number of nitrogens with zero attached hydrogens (tertiary/aromatic N) is 1. The van der Waals surface area contributed by atoms with Crippen molar-refractivity contribution < 1.29 is 9.59 Å². The lowest BCUT2D eigenvalue weighted by Crippen LogP contribution is -2.31. The third kappa shape index (κ3) is 5.10. The summed E-state index contributed by atoms with van der Waals surface area (Å²) in [5, 5.41) is 7.89. The molecule has 0 aliphatic rings. The molecule has 2 N–H and O–H groups in total. The molecule has 0 unspecified atom stereocenters. The van der Waals surface area contributed by atoms with E-state index < -0.39 is 0 Å². The number of carbonyl (C=O) groups is 2. The average molecular weight is 331 g/mol. The third-order valence-electron chi connectivity index (χ3n) is 3.39. The Kier molecular flexibility index (Phi) is 5.76. The summed E-state index contributed by atoms with van der Waals surface area (Å²) >= 11 is 1.64. The highest BCUT2D eigenvalue weighted by atomic mass is 32.1. The molecule has 1 aromatic heterocycles. The number of aryl methyl sites for hydroxylation is 1. The average Bonchev–Trinajstić information content (AvgIpc) is 2.99. The van der Waals surface area contributed by atoms with Crippen molar-refractivity contribution >= 4 is 34.5 Å². The van der Waals surface area contributed by atoms with Crippen LogP contribution in [0.3, 0.4) is 0 Å². The van der Waals surface area contributed by atoms with E-state index in [1.54, 1.807) is 23.3 Å². The van der Waals surface area contributed by atoms with Crippen molar-refractivity contribution in [3.8, 4) is 0 Å². The fourth-order valence-electron chi connectivity index (χ4n) is 2.12.